The zero-order valence-corrected chi connectivity index (χ0v) is 13.1. The summed E-state index contributed by atoms with van der Waals surface area (Å²) in [5.74, 6) is 4.67. The maximum absolute atomic E-state index is 8.85. The van der Waals surface area contributed by atoms with E-state index >= 15 is 0 Å². The summed E-state index contributed by atoms with van der Waals surface area (Å²) in [6.45, 7) is 1.35. The van der Waals surface area contributed by atoms with Crippen LogP contribution in [-0.4, -0.2) is 24.6 Å². The average Bonchev–Trinajstić information content (AvgIpc) is 3.24. The maximum Gasteiger partial charge on any atom is 0.0647 e. The molecule has 112 valence electrons. The molecule has 20 heavy (non-hydrogen) atoms. The monoisotopic (exact) mass is 294 g/mol. The molecular weight excluding hydrogens is 268 g/mol. The van der Waals surface area contributed by atoms with E-state index in [0.717, 1.165) is 36.2 Å². The molecule has 4 aliphatic rings. The number of allylic oxidation sites excluding steroid dienone is 4. The van der Waals surface area contributed by atoms with Crippen LogP contribution >= 0.6 is 12.0 Å². The van der Waals surface area contributed by atoms with E-state index in [2.05, 4.69) is 24.3 Å². The Hall–Kier alpha value is -0.250. The van der Waals surface area contributed by atoms with Gasteiger partial charge in [0.15, 0.2) is 0 Å². The first-order chi connectivity index (χ1) is 9.80. The first-order valence-electron chi connectivity index (χ1n) is 7.93. The van der Waals surface area contributed by atoms with Gasteiger partial charge in [0.25, 0.3) is 0 Å². The van der Waals surface area contributed by atoms with Crippen LogP contribution in [0.4, 0.5) is 0 Å². The molecule has 6 unspecified atom stereocenters. The highest BCUT2D eigenvalue weighted by Gasteiger charge is 2.35. The second-order valence-corrected chi connectivity index (χ2v) is 7.28. The number of aliphatic hydroxyl groups is 1. The third-order valence-electron chi connectivity index (χ3n) is 5.47. The molecule has 4 bridgehead atoms. The summed E-state index contributed by atoms with van der Waals surface area (Å²) in [7, 11) is 0. The van der Waals surface area contributed by atoms with Crippen molar-refractivity contribution >= 4 is 12.0 Å². The van der Waals surface area contributed by atoms with Crippen LogP contribution in [0.25, 0.3) is 0 Å². The van der Waals surface area contributed by atoms with E-state index in [9.17, 15) is 0 Å². The van der Waals surface area contributed by atoms with Gasteiger partial charge in [-0.15, -0.1) is 0 Å². The molecule has 0 spiro atoms. The van der Waals surface area contributed by atoms with Gasteiger partial charge in [0.2, 0.25) is 0 Å². The van der Waals surface area contributed by atoms with Gasteiger partial charge in [-0.2, -0.15) is 0 Å². The fourth-order valence-corrected chi connectivity index (χ4v) is 4.66. The van der Waals surface area contributed by atoms with Crippen LogP contribution in [0.1, 0.15) is 25.7 Å². The van der Waals surface area contributed by atoms with Gasteiger partial charge >= 0.3 is 0 Å². The molecule has 0 saturated heterocycles. The lowest BCUT2D eigenvalue weighted by molar-refractivity contribution is 0.207. The van der Waals surface area contributed by atoms with Gasteiger partial charge in [-0.05, 0) is 73.2 Å². The summed E-state index contributed by atoms with van der Waals surface area (Å²) in [6, 6.07) is 0. The quantitative estimate of drug-likeness (QED) is 0.633. The van der Waals surface area contributed by atoms with Gasteiger partial charge in [-0.25, -0.2) is 0 Å². The smallest absolute Gasteiger partial charge is 0.0647 e. The van der Waals surface area contributed by atoms with E-state index in [4.69, 9.17) is 9.29 Å². The summed E-state index contributed by atoms with van der Waals surface area (Å²) >= 11 is 1.49. The SMILES string of the molecule is CSOCC1CC2C=CC1C2.OCC1CC2C=CC1C2. The topological polar surface area (TPSA) is 29.5 Å². The van der Waals surface area contributed by atoms with Gasteiger partial charge in [-0.3, -0.25) is 0 Å². The largest absolute Gasteiger partial charge is 0.396 e. The first kappa shape index (κ1) is 14.7. The summed E-state index contributed by atoms with van der Waals surface area (Å²) < 4.78 is 5.35. The van der Waals surface area contributed by atoms with Crippen molar-refractivity contribution in [3.05, 3.63) is 24.3 Å². The third kappa shape index (κ3) is 3.15. The molecule has 0 aromatic heterocycles. The van der Waals surface area contributed by atoms with Crippen molar-refractivity contribution in [3.63, 3.8) is 0 Å². The molecule has 2 fully saturated rings. The molecule has 0 aromatic carbocycles. The van der Waals surface area contributed by atoms with E-state index in [1.54, 1.807) is 0 Å². The van der Waals surface area contributed by atoms with Crippen LogP contribution < -0.4 is 0 Å². The van der Waals surface area contributed by atoms with Gasteiger partial charge in [0.05, 0.1) is 6.61 Å². The van der Waals surface area contributed by atoms with Crippen LogP contribution in [0, 0.1) is 35.5 Å². The molecule has 0 radical (unpaired) electrons. The molecule has 6 atom stereocenters. The van der Waals surface area contributed by atoms with Crippen molar-refractivity contribution < 1.29 is 9.29 Å². The Morgan fingerprint density at radius 3 is 1.90 bits per heavy atom. The molecule has 0 amide bonds. The summed E-state index contributed by atoms with van der Waals surface area (Å²) in [6.07, 6.45) is 16.6. The Kier molecular flexibility index (Phi) is 4.90. The van der Waals surface area contributed by atoms with E-state index in [1.807, 2.05) is 6.26 Å². The minimum Gasteiger partial charge on any atom is -0.396 e. The lowest BCUT2D eigenvalue weighted by Gasteiger charge is -2.16. The highest BCUT2D eigenvalue weighted by Crippen LogP contribution is 2.44. The van der Waals surface area contributed by atoms with Crippen LogP contribution in [0.3, 0.4) is 0 Å². The zero-order valence-electron chi connectivity index (χ0n) is 12.3. The van der Waals surface area contributed by atoms with Gasteiger partial charge in [0, 0.05) is 12.9 Å². The summed E-state index contributed by atoms with van der Waals surface area (Å²) in [5, 5.41) is 8.85. The molecule has 1 N–H and O–H groups in total. The van der Waals surface area contributed by atoms with Crippen molar-refractivity contribution in [2.24, 2.45) is 35.5 Å². The fourth-order valence-electron chi connectivity index (χ4n) is 4.35. The van der Waals surface area contributed by atoms with Crippen molar-refractivity contribution in [2.45, 2.75) is 25.7 Å². The summed E-state index contributed by atoms with van der Waals surface area (Å²) in [5.41, 5.74) is 0. The predicted molar refractivity (Wildman–Crippen MR) is 84.2 cm³/mol. The molecular formula is C17H26O2S. The van der Waals surface area contributed by atoms with Crippen LogP contribution in [-0.2, 0) is 4.18 Å². The van der Waals surface area contributed by atoms with Crippen molar-refractivity contribution in [3.8, 4) is 0 Å². The van der Waals surface area contributed by atoms with Crippen LogP contribution in [0.15, 0.2) is 24.3 Å². The Balaban J connectivity index is 0.000000123. The second-order valence-electron chi connectivity index (χ2n) is 6.71. The predicted octanol–water partition coefficient (Wildman–Crippen LogP) is 3.68. The third-order valence-corrected chi connectivity index (χ3v) is 5.84. The normalized spacial score (nSPS) is 43.1. The lowest BCUT2D eigenvalue weighted by Crippen LogP contribution is -2.12. The first-order valence-corrected chi connectivity index (χ1v) is 9.08. The highest BCUT2D eigenvalue weighted by atomic mass is 32.2. The van der Waals surface area contributed by atoms with Gasteiger partial charge in [-0.1, -0.05) is 24.3 Å². The summed E-state index contributed by atoms with van der Waals surface area (Å²) in [4.78, 5) is 0. The zero-order chi connectivity index (χ0) is 13.9. The molecule has 4 aliphatic carbocycles. The highest BCUT2D eigenvalue weighted by molar-refractivity contribution is 7.93. The van der Waals surface area contributed by atoms with Crippen molar-refractivity contribution in [1.82, 2.24) is 0 Å². The molecule has 2 saturated carbocycles. The van der Waals surface area contributed by atoms with E-state index in [1.165, 1.54) is 37.7 Å². The fraction of sp³-hybridized carbons (Fsp3) is 0.765. The molecule has 4 rings (SSSR count). The number of aliphatic hydroxyl groups excluding tert-OH is 1. The lowest BCUT2D eigenvalue weighted by atomic mass is 9.95. The Morgan fingerprint density at radius 1 is 0.950 bits per heavy atom. The van der Waals surface area contributed by atoms with Crippen LogP contribution in [0.2, 0.25) is 0 Å². The number of hydrogen-bond donors (Lipinski definition) is 1. The molecule has 3 heteroatoms. The minimum absolute atomic E-state index is 0.394. The van der Waals surface area contributed by atoms with Crippen molar-refractivity contribution in [1.29, 1.82) is 0 Å². The van der Waals surface area contributed by atoms with Gasteiger partial charge in [0.1, 0.15) is 0 Å². The Bertz CT molecular complexity index is 379. The maximum atomic E-state index is 8.85. The number of fused-ring (bicyclic) bond motifs is 4. The van der Waals surface area contributed by atoms with Gasteiger partial charge < -0.3 is 9.29 Å². The van der Waals surface area contributed by atoms with E-state index in [-0.39, 0.29) is 0 Å². The average molecular weight is 294 g/mol. The Morgan fingerprint density at radius 2 is 1.55 bits per heavy atom. The molecule has 0 heterocycles. The number of hydrogen-bond acceptors (Lipinski definition) is 3. The van der Waals surface area contributed by atoms with Crippen LogP contribution in [0.5, 0.6) is 0 Å². The number of rotatable bonds is 4. The standard InChI is InChI=1S/C9H14OS.C8H12O/c1-11-10-6-9-5-7-2-3-8(9)4-7;9-5-8-4-6-1-2-7(8)3-6/h2-3,7-9H,4-6H2,1H3;1-2,6-9H,3-5H2. The Labute approximate surface area is 126 Å². The molecule has 0 aromatic rings. The van der Waals surface area contributed by atoms with Crippen molar-refractivity contribution in [2.75, 3.05) is 19.5 Å². The molecule has 0 aliphatic heterocycles. The second kappa shape index (κ2) is 6.67. The van der Waals surface area contributed by atoms with E-state index in [0.29, 0.717) is 12.5 Å². The molecule has 2 nitrogen and oxygen atoms in total. The minimum atomic E-state index is 0.394. The van der Waals surface area contributed by atoms with E-state index < -0.39 is 0 Å².